The van der Waals surface area contributed by atoms with Gasteiger partial charge in [-0.05, 0) is 48.7 Å². The number of nitrogens with one attached hydrogen (secondary N) is 2. The number of aromatic nitrogens is 3. The summed E-state index contributed by atoms with van der Waals surface area (Å²) in [7, 11) is 1.66. The molecule has 0 radical (unpaired) electrons. The zero-order chi connectivity index (χ0) is 21.6. The fraction of sp³-hybridized carbons (Fsp3) is 0.174. The number of benzene rings is 2. The summed E-state index contributed by atoms with van der Waals surface area (Å²) in [5, 5.41) is 7.69. The topological polar surface area (TPSA) is 72.0 Å². The Morgan fingerprint density at radius 2 is 1.81 bits per heavy atom. The third-order valence-corrected chi connectivity index (χ3v) is 6.06. The number of methoxy groups -OCH3 is 1. The molecule has 0 aliphatic heterocycles. The van der Waals surface area contributed by atoms with Crippen molar-refractivity contribution in [3.8, 4) is 16.2 Å². The average molecular weight is 452 g/mol. The zero-order valence-corrected chi connectivity index (χ0v) is 18.8. The zero-order valence-electron chi connectivity index (χ0n) is 17.2. The van der Waals surface area contributed by atoms with Crippen molar-refractivity contribution in [2.75, 3.05) is 24.3 Å². The summed E-state index contributed by atoms with van der Waals surface area (Å²) in [6.45, 7) is 2.71. The van der Waals surface area contributed by atoms with Crippen LogP contribution in [0.4, 0.5) is 16.9 Å². The Morgan fingerprint density at radius 3 is 2.55 bits per heavy atom. The molecule has 0 aliphatic carbocycles. The number of halogens is 1. The maximum absolute atomic E-state index is 6.28. The molecule has 4 aromatic rings. The lowest BCUT2D eigenvalue weighted by Crippen LogP contribution is -2.08. The number of anilines is 3. The summed E-state index contributed by atoms with van der Waals surface area (Å²) in [6.07, 6.45) is 2.47. The lowest BCUT2D eigenvalue weighted by Gasteiger charge is -2.09. The van der Waals surface area contributed by atoms with Crippen LogP contribution in [0.2, 0.25) is 5.02 Å². The SMILES string of the molecule is COc1ccc(-c2sc(Nc3ncc(Cl)c(NCCc4ccccc4)n3)nc2C)cc1. The Labute approximate surface area is 190 Å². The minimum absolute atomic E-state index is 0.446. The summed E-state index contributed by atoms with van der Waals surface area (Å²) >= 11 is 7.83. The van der Waals surface area contributed by atoms with Crippen molar-refractivity contribution in [3.63, 3.8) is 0 Å². The molecular weight excluding hydrogens is 430 g/mol. The van der Waals surface area contributed by atoms with Crippen molar-refractivity contribution < 1.29 is 4.74 Å². The van der Waals surface area contributed by atoms with Gasteiger partial charge in [0.15, 0.2) is 10.9 Å². The molecule has 0 bridgehead atoms. The van der Waals surface area contributed by atoms with Gasteiger partial charge in [-0.1, -0.05) is 53.3 Å². The highest BCUT2D eigenvalue weighted by Crippen LogP contribution is 2.34. The fourth-order valence-electron chi connectivity index (χ4n) is 3.08. The van der Waals surface area contributed by atoms with Crippen LogP contribution in [0.3, 0.4) is 0 Å². The second-order valence-electron chi connectivity index (χ2n) is 6.84. The largest absolute Gasteiger partial charge is 0.497 e. The van der Waals surface area contributed by atoms with Gasteiger partial charge in [0.1, 0.15) is 10.8 Å². The van der Waals surface area contributed by atoms with E-state index >= 15 is 0 Å². The molecule has 0 saturated carbocycles. The first-order chi connectivity index (χ1) is 15.1. The summed E-state index contributed by atoms with van der Waals surface area (Å²) in [5.74, 6) is 1.87. The van der Waals surface area contributed by atoms with E-state index in [9.17, 15) is 0 Å². The van der Waals surface area contributed by atoms with E-state index in [-0.39, 0.29) is 0 Å². The Bertz CT molecular complexity index is 1150. The fourth-order valence-corrected chi connectivity index (χ4v) is 4.20. The summed E-state index contributed by atoms with van der Waals surface area (Å²) in [4.78, 5) is 14.5. The van der Waals surface area contributed by atoms with Crippen LogP contribution < -0.4 is 15.4 Å². The van der Waals surface area contributed by atoms with Gasteiger partial charge in [0.2, 0.25) is 5.95 Å². The van der Waals surface area contributed by atoms with E-state index in [4.69, 9.17) is 16.3 Å². The molecule has 8 heteroatoms. The minimum atomic E-state index is 0.446. The van der Waals surface area contributed by atoms with E-state index in [1.807, 2.05) is 49.4 Å². The maximum Gasteiger partial charge on any atom is 0.231 e. The van der Waals surface area contributed by atoms with Gasteiger partial charge in [0, 0.05) is 6.54 Å². The van der Waals surface area contributed by atoms with Crippen molar-refractivity contribution in [1.29, 1.82) is 0 Å². The van der Waals surface area contributed by atoms with E-state index in [2.05, 4.69) is 37.7 Å². The molecule has 158 valence electrons. The van der Waals surface area contributed by atoms with Crippen molar-refractivity contribution >= 4 is 39.8 Å². The molecule has 2 aromatic carbocycles. The molecule has 31 heavy (non-hydrogen) atoms. The van der Waals surface area contributed by atoms with E-state index in [0.29, 0.717) is 16.8 Å². The first-order valence-corrected chi connectivity index (χ1v) is 11.0. The second-order valence-corrected chi connectivity index (χ2v) is 8.25. The number of ether oxygens (including phenoxy) is 1. The number of rotatable bonds is 8. The minimum Gasteiger partial charge on any atom is -0.497 e. The molecule has 0 amide bonds. The summed E-state index contributed by atoms with van der Waals surface area (Å²) in [5.41, 5.74) is 3.28. The predicted molar refractivity (Wildman–Crippen MR) is 128 cm³/mol. The number of hydrogen-bond donors (Lipinski definition) is 2. The highest BCUT2D eigenvalue weighted by Gasteiger charge is 2.12. The highest BCUT2D eigenvalue weighted by atomic mass is 35.5. The Balaban J connectivity index is 1.45. The Morgan fingerprint density at radius 1 is 1.03 bits per heavy atom. The van der Waals surface area contributed by atoms with Crippen molar-refractivity contribution in [2.45, 2.75) is 13.3 Å². The van der Waals surface area contributed by atoms with Gasteiger partial charge >= 0.3 is 0 Å². The monoisotopic (exact) mass is 451 g/mol. The third-order valence-electron chi connectivity index (χ3n) is 4.66. The number of nitrogens with zero attached hydrogens (tertiary/aromatic N) is 3. The Kier molecular flexibility index (Phi) is 6.64. The van der Waals surface area contributed by atoms with E-state index in [1.165, 1.54) is 5.56 Å². The molecular formula is C23H22ClN5OS. The Hall–Kier alpha value is -3.16. The van der Waals surface area contributed by atoms with Gasteiger partial charge in [0.25, 0.3) is 0 Å². The van der Waals surface area contributed by atoms with Crippen LogP contribution in [-0.4, -0.2) is 28.6 Å². The van der Waals surface area contributed by atoms with Crippen LogP contribution in [0.25, 0.3) is 10.4 Å². The molecule has 0 aliphatic rings. The first kappa shape index (κ1) is 21.1. The molecule has 0 spiro atoms. The molecule has 0 saturated heterocycles. The van der Waals surface area contributed by atoms with Gasteiger partial charge < -0.3 is 10.1 Å². The lowest BCUT2D eigenvalue weighted by molar-refractivity contribution is 0.415. The second kappa shape index (κ2) is 9.76. The van der Waals surface area contributed by atoms with Crippen LogP contribution in [0.15, 0.2) is 60.8 Å². The van der Waals surface area contributed by atoms with Crippen molar-refractivity contribution in [3.05, 3.63) is 77.1 Å². The quantitative estimate of drug-likeness (QED) is 0.344. The standard InChI is InChI=1S/C23H22ClN5OS/c1-15-20(17-8-10-18(30-2)11-9-17)31-23(27-15)29-22-26-14-19(24)21(28-22)25-13-12-16-6-4-3-5-7-16/h3-11,14H,12-13H2,1-2H3,(H2,25,26,27,28,29). The molecule has 2 N–H and O–H groups in total. The molecule has 6 nitrogen and oxygen atoms in total. The van der Waals surface area contributed by atoms with E-state index in [0.717, 1.165) is 40.0 Å². The van der Waals surface area contributed by atoms with Crippen LogP contribution in [0.5, 0.6) is 5.75 Å². The molecule has 2 aromatic heterocycles. The van der Waals surface area contributed by atoms with Gasteiger partial charge in [-0.15, -0.1) is 0 Å². The highest BCUT2D eigenvalue weighted by molar-refractivity contribution is 7.19. The van der Waals surface area contributed by atoms with E-state index < -0.39 is 0 Å². The first-order valence-electron chi connectivity index (χ1n) is 9.81. The van der Waals surface area contributed by atoms with Crippen molar-refractivity contribution in [1.82, 2.24) is 15.0 Å². The van der Waals surface area contributed by atoms with Gasteiger partial charge in [-0.3, -0.25) is 5.32 Å². The van der Waals surface area contributed by atoms with Crippen LogP contribution in [0.1, 0.15) is 11.3 Å². The molecule has 2 heterocycles. The van der Waals surface area contributed by atoms with Gasteiger partial charge in [-0.2, -0.15) is 4.98 Å². The maximum atomic E-state index is 6.28. The third kappa shape index (κ3) is 5.31. The summed E-state index contributed by atoms with van der Waals surface area (Å²) < 4.78 is 5.24. The molecule has 0 unspecified atom stereocenters. The van der Waals surface area contributed by atoms with Crippen molar-refractivity contribution in [2.24, 2.45) is 0 Å². The van der Waals surface area contributed by atoms with Crippen LogP contribution in [-0.2, 0) is 6.42 Å². The number of aryl methyl sites for hydroxylation is 1. The smallest absolute Gasteiger partial charge is 0.231 e. The predicted octanol–water partition coefficient (Wildman–Crippen LogP) is 5.97. The van der Waals surface area contributed by atoms with Gasteiger partial charge in [0.05, 0.1) is 23.9 Å². The van der Waals surface area contributed by atoms with Crippen LogP contribution in [0, 0.1) is 6.92 Å². The van der Waals surface area contributed by atoms with E-state index in [1.54, 1.807) is 24.6 Å². The molecule has 0 atom stereocenters. The van der Waals surface area contributed by atoms with Crippen LogP contribution >= 0.6 is 22.9 Å². The molecule has 0 fully saturated rings. The summed E-state index contributed by atoms with van der Waals surface area (Å²) in [6, 6.07) is 18.2. The number of thiazole rings is 1. The molecule has 4 rings (SSSR count). The number of hydrogen-bond acceptors (Lipinski definition) is 7. The average Bonchev–Trinajstić information content (AvgIpc) is 3.16. The normalized spacial score (nSPS) is 10.7. The van der Waals surface area contributed by atoms with Gasteiger partial charge in [-0.25, -0.2) is 9.97 Å². The lowest BCUT2D eigenvalue weighted by atomic mass is 10.1.